The predicted octanol–water partition coefficient (Wildman–Crippen LogP) is 3.25. The summed E-state index contributed by atoms with van der Waals surface area (Å²) in [7, 11) is 5.45. The van der Waals surface area contributed by atoms with Crippen molar-refractivity contribution < 1.29 is 14.4 Å². The summed E-state index contributed by atoms with van der Waals surface area (Å²) in [6.45, 7) is 1.65. The predicted molar refractivity (Wildman–Crippen MR) is 151 cm³/mol. The highest BCUT2D eigenvalue weighted by Gasteiger charge is 2.49. The van der Waals surface area contributed by atoms with Crippen molar-refractivity contribution in [1.82, 2.24) is 25.1 Å². The van der Waals surface area contributed by atoms with Crippen LogP contribution in [-0.4, -0.2) is 76.6 Å². The number of H-pyrrole nitrogens is 1. The largest absolute Gasteiger partial charge is 0.352 e. The quantitative estimate of drug-likeness (QED) is 0.399. The van der Waals surface area contributed by atoms with Gasteiger partial charge in [-0.15, -0.1) is 23.7 Å². The summed E-state index contributed by atoms with van der Waals surface area (Å²) in [6, 6.07) is 6.33. The SMILES string of the molecule is CN1CCc2nc(C(=O)NC3CC(C(=O)N(C)C)CCC3(N)C(=O)c3cc4cc(Cl)ccc4[nH]3)sc2C1.Cl. The number of fused-ring (bicyclic) bond motifs is 2. The van der Waals surface area contributed by atoms with Crippen LogP contribution in [0.25, 0.3) is 10.9 Å². The van der Waals surface area contributed by atoms with E-state index >= 15 is 0 Å². The molecular formula is C26H32Cl2N6O3S. The number of carbonyl (C=O) groups is 3. The highest BCUT2D eigenvalue weighted by atomic mass is 35.5. The van der Waals surface area contributed by atoms with Gasteiger partial charge in [0.2, 0.25) is 11.7 Å². The van der Waals surface area contributed by atoms with Gasteiger partial charge in [0.25, 0.3) is 5.91 Å². The fraction of sp³-hybridized carbons (Fsp3) is 0.462. The second kappa shape index (κ2) is 10.9. The zero-order valence-corrected chi connectivity index (χ0v) is 23.9. The van der Waals surface area contributed by atoms with Gasteiger partial charge in [0.15, 0.2) is 5.01 Å². The van der Waals surface area contributed by atoms with Crippen molar-refractivity contribution in [3.05, 3.63) is 50.6 Å². The molecule has 0 bridgehead atoms. The summed E-state index contributed by atoms with van der Waals surface area (Å²) in [5, 5.41) is 4.73. The van der Waals surface area contributed by atoms with E-state index in [1.165, 1.54) is 11.3 Å². The minimum atomic E-state index is -1.39. The monoisotopic (exact) mass is 578 g/mol. The lowest BCUT2D eigenvalue weighted by atomic mass is 9.70. The maximum Gasteiger partial charge on any atom is 0.280 e. The van der Waals surface area contributed by atoms with Crippen LogP contribution in [0, 0.1) is 5.92 Å². The third-order valence-corrected chi connectivity index (χ3v) is 8.83. The number of likely N-dealkylation sites (N-methyl/N-ethyl adjacent to an activating group) is 1. The number of thiazole rings is 1. The van der Waals surface area contributed by atoms with Gasteiger partial charge in [0.1, 0.15) is 5.54 Å². The molecule has 1 aliphatic heterocycles. The van der Waals surface area contributed by atoms with Crippen LogP contribution in [0.15, 0.2) is 24.3 Å². The Kier molecular flexibility index (Phi) is 8.20. The fourth-order valence-electron chi connectivity index (χ4n) is 5.37. The molecular weight excluding hydrogens is 547 g/mol. The van der Waals surface area contributed by atoms with Crippen LogP contribution in [0.1, 0.15) is 50.1 Å². The maximum atomic E-state index is 13.9. The number of nitrogens with zero attached hydrogens (tertiary/aromatic N) is 3. The molecule has 3 atom stereocenters. The first-order valence-corrected chi connectivity index (χ1v) is 13.6. The number of Topliss-reactive ketones (excluding diaryl/α,β-unsaturated/α-hetero) is 1. The molecule has 2 aromatic heterocycles. The van der Waals surface area contributed by atoms with Crippen LogP contribution >= 0.6 is 35.3 Å². The van der Waals surface area contributed by atoms with Crippen LogP contribution in [0.5, 0.6) is 0 Å². The first-order chi connectivity index (χ1) is 17.5. The third kappa shape index (κ3) is 5.33. The Labute approximate surface area is 236 Å². The van der Waals surface area contributed by atoms with Crippen LogP contribution in [0.3, 0.4) is 0 Å². The van der Waals surface area contributed by atoms with Gasteiger partial charge in [0, 0.05) is 60.3 Å². The van der Waals surface area contributed by atoms with Gasteiger partial charge in [-0.05, 0) is 50.6 Å². The van der Waals surface area contributed by atoms with E-state index in [9.17, 15) is 14.4 Å². The summed E-state index contributed by atoms with van der Waals surface area (Å²) in [5.41, 5.74) is 7.53. The number of hydrogen-bond acceptors (Lipinski definition) is 7. The van der Waals surface area contributed by atoms with E-state index in [0.717, 1.165) is 41.0 Å². The Morgan fingerprint density at radius 3 is 2.79 bits per heavy atom. The number of rotatable bonds is 5. The van der Waals surface area contributed by atoms with E-state index in [2.05, 4.69) is 20.2 Å². The van der Waals surface area contributed by atoms with E-state index in [1.54, 1.807) is 37.2 Å². The second-order valence-corrected chi connectivity index (χ2v) is 11.9. The van der Waals surface area contributed by atoms with Crippen molar-refractivity contribution in [2.24, 2.45) is 11.7 Å². The summed E-state index contributed by atoms with van der Waals surface area (Å²) < 4.78 is 0. The molecule has 0 radical (unpaired) electrons. The summed E-state index contributed by atoms with van der Waals surface area (Å²) in [5.74, 6) is -1.05. The molecule has 1 fully saturated rings. The van der Waals surface area contributed by atoms with Crippen LogP contribution in [-0.2, 0) is 17.8 Å². The molecule has 3 aromatic rings. The third-order valence-electron chi connectivity index (χ3n) is 7.51. The molecule has 2 amide bonds. The van der Waals surface area contributed by atoms with Crippen LogP contribution in [0.2, 0.25) is 5.02 Å². The number of amides is 2. The second-order valence-electron chi connectivity index (χ2n) is 10.4. The molecule has 12 heteroatoms. The lowest BCUT2D eigenvalue weighted by molar-refractivity contribution is -0.134. The molecule has 5 rings (SSSR count). The molecule has 3 unspecified atom stereocenters. The molecule has 204 valence electrons. The molecule has 3 heterocycles. The molecule has 1 saturated carbocycles. The average molecular weight is 580 g/mol. The van der Waals surface area contributed by atoms with Crippen molar-refractivity contribution in [3.63, 3.8) is 0 Å². The zero-order chi connectivity index (χ0) is 26.5. The summed E-state index contributed by atoms with van der Waals surface area (Å²) in [4.78, 5) is 52.6. The Bertz CT molecular complexity index is 1390. The van der Waals surface area contributed by atoms with Crippen molar-refractivity contribution in [1.29, 1.82) is 0 Å². The number of hydrogen-bond donors (Lipinski definition) is 3. The van der Waals surface area contributed by atoms with E-state index < -0.39 is 11.6 Å². The molecule has 2 aliphatic rings. The summed E-state index contributed by atoms with van der Waals surface area (Å²) >= 11 is 7.50. The Hall–Kier alpha value is -2.50. The molecule has 0 saturated heterocycles. The van der Waals surface area contributed by atoms with Gasteiger partial charge in [-0.25, -0.2) is 4.98 Å². The minimum Gasteiger partial charge on any atom is -0.352 e. The fourth-order valence-corrected chi connectivity index (χ4v) is 6.64. The number of aromatic nitrogens is 2. The normalized spacial score (nSPS) is 23.4. The molecule has 0 spiro atoms. The average Bonchev–Trinajstić information content (AvgIpc) is 3.47. The van der Waals surface area contributed by atoms with Gasteiger partial charge < -0.3 is 25.8 Å². The number of halogens is 2. The number of nitrogens with two attached hydrogens (primary N) is 1. The molecule has 38 heavy (non-hydrogen) atoms. The minimum absolute atomic E-state index is 0. The standard InChI is InChI=1S/C26H31ClN6O3S.ClH/c1-32(2)25(36)14-6-8-26(28,22(34)19-11-15-10-16(27)4-5-17(15)29-19)21(12-14)31-23(35)24-30-18-7-9-33(3)13-20(18)37-24;/h4-5,10-11,14,21,29H,6-9,12-13,28H2,1-3H3,(H,31,35);1H. The van der Waals surface area contributed by atoms with Gasteiger partial charge in [-0.3, -0.25) is 14.4 Å². The Balaban J connectivity index is 0.00000336. The molecule has 4 N–H and O–H groups in total. The first-order valence-electron chi connectivity index (χ1n) is 12.4. The van der Waals surface area contributed by atoms with Gasteiger partial charge in [0.05, 0.1) is 17.4 Å². The van der Waals surface area contributed by atoms with E-state index in [-0.39, 0.29) is 48.8 Å². The number of aromatic amines is 1. The maximum absolute atomic E-state index is 13.9. The molecule has 9 nitrogen and oxygen atoms in total. The van der Waals surface area contributed by atoms with Crippen LogP contribution < -0.4 is 11.1 Å². The van der Waals surface area contributed by atoms with Crippen molar-refractivity contribution in [3.8, 4) is 0 Å². The van der Waals surface area contributed by atoms with E-state index in [0.29, 0.717) is 22.1 Å². The lowest BCUT2D eigenvalue weighted by Crippen LogP contribution is -2.66. The van der Waals surface area contributed by atoms with E-state index in [1.807, 2.05) is 13.1 Å². The lowest BCUT2D eigenvalue weighted by Gasteiger charge is -2.43. The Morgan fingerprint density at radius 1 is 1.29 bits per heavy atom. The van der Waals surface area contributed by atoms with Gasteiger partial charge >= 0.3 is 0 Å². The highest BCUT2D eigenvalue weighted by molar-refractivity contribution is 7.13. The number of carbonyl (C=O) groups excluding carboxylic acids is 3. The number of nitrogens with one attached hydrogen (secondary N) is 2. The van der Waals surface area contributed by atoms with Gasteiger partial charge in [-0.2, -0.15) is 0 Å². The van der Waals surface area contributed by atoms with Crippen molar-refractivity contribution in [2.75, 3.05) is 27.7 Å². The van der Waals surface area contributed by atoms with Crippen LogP contribution in [0.4, 0.5) is 0 Å². The topological polar surface area (TPSA) is 124 Å². The first kappa shape index (κ1) is 28.5. The van der Waals surface area contributed by atoms with Gasteiger partial charge in [-0.1, -0.05) is 11.6 Å². The number of benzene rings is 1. The Morgan fingerprint density at radius 2 is 2.05 bits per heavy atom. The molecule has 1 aromatic carbocycles. The zero-order valence-electron chi connectivity index (χ0n) is 21.5. The van der Waals surface area contributed by atoms with Crippen molar-refractivity contribution >= 4 is 63.8 Å². The smallest absolute Gasteiger partial charge is 0.280 e. The molecule has 1 aliphatic carbocycles. The highest BCUT2D eigenvalue weighted by Crippen LogP contribution is 2.35. The summed E-state index contributed by atoms with van der Waals surface area (Å²) in [6.07, 6.45) is 1.78. The van der Waals surface area contributed by atoms with E-state index in [4.69, 9.17) is 17.3 Å². The number of ketones is 1. The van der Waals surface area contributed by atoms with Crippen molar-refractivity contribution in [2.45, 2.75) is 43.8 Å².